The van der Waals surface area contributed by atoms with Crippen molar-refractivity contribution < 1.29 is 22.2 Å². The highest BCUT2D eigenvalue weighted by molar-refractivity contribution is 5.94. The average molecular weight is 510 g/mol. The standard InChI is InChI=1S/C33H33NO4/c35-32(36)18-8-3-11-23-38-31-17-10-9-16-30(31)25-34(24-26-12-4-1-5-13-26)33(37)29-21-19-28(20-22-29)27-14-6-2-7-15-27/h1-2,4-7,9-10,12-17,19-22H,3,8,11,18,23-25H2,(H,35,36)/i25D2. The lowest BCUT2D eigenvalue weighted by molar-refractivity contribution is -0.137. The van der Waals surface area contributed by atoms with E-state index in [0.717, 1.165) is 16.7 Å². The van der Waals surface area contributed by atoms with Crippen molar-refractivity contribution >= 4 is 11.9 Å². The molecule has 0 aromatic heterocycles. The third kappa shape index (κ3) is 7.81. The SMILES string of the molecule is [2H]C([2H])(c1ccccc1OCCCCCC(=O)O)N(Cc1ccccc1)C(=O)c1ccc(-c2ccccc2)cc1. The molecule has 1 amide bonds. The maximum atomic E-state index is 13.9. The van der Waals surface area contributed by atoms with E-state index in [1.807, 2.05) is 72.8 Å². The summed E-state index contributed by atoms with van der Waals surface area (Å²) in [6, 6.07) is 33.3. The maximum absolute atomic E-state index is 13.9. The zero-order valence-electron chi connectivity index (χ0n) is 23.3. The summed E-state index contributed by atoms with van der Waals surface area (Å²) in [6.07, 6.45) is 2.01. The lowest BCUT2D eigenvalue weighted by atomic mass is 10.0. The normalized spacial score (nSPS) is 11.8. The summed E-state index contributed by atoms with van der Waals surface area (Å²) in [6.45, 7) is -1.80. The first-order chi connectivity index (χ1) is 19.4. The molecule has 1 N–H and O–H groups in total. The van der Waals surface area contributed by atoms with Gasteiger partial charge in [0.2, 0.25) is 0 Å². The molecule has 0 heterocycles. The van der Waals surface area contributed by atoms with Gasteiger partial charge in [0.05, 0.1) is 9.35 Å². The summed E-state index contributed by atoms with van der Waals surface area (Å²) in [7, 11) is 0. The highest BCUT2D eigenvalue weighted by Crippen LogP contribution is 2.24. The van der Waals surface area contributed by atoms with E-state index >= 15 is 0 Å². The van der Waals surface area contributed by atoms with Crippen molar-refractivity contribution in [1.29, 1.82) is 0 Å². The Morgan fingerprint density at radius 2 is 1.37 bits per heavy atom. The fourth-order valence-electron chi connectivity index (χ4n) is 4.09. The van der Waals surface area contributed by atoms with Crippen molar-refractivity contribution in [3.63, 3.8) is 0 Å². The molecule has 4 aromatic carbocycles. The summed E-state index contributed by atoms with van der Waals surface area (Å²) >= 11 is 0. The fourth-order valence-corrected chi connectivity index (χ4v) is 4.09. The van der Waals surface area contributed by atoms with E-state index in [0.29, 0.717) is 37.2 Å². The Bertz CT molecular complexity index is 1390. The van der Waals surface area contributed by atoms with Crippen LogP contribution in [0.1, 0.15) is 49.9 Å². The number of hydrogen-bond acceptors (Lipinski definition) is 3. The number of carboxylic acid groups (broad SMARTS) is 1. The van der Waals surface area contributed by atoms with Crippen LogP contribution in [0.25, 0.3) is 11.1 Å². The number of carboxylic acids is 1. The van der Waals surface area contributed by atoms with Crippen LogP contribution in [-0.2, 0) is 17.8 Å². The Labute approximate surface area is 227 Å². The van der Waals surface area contributed by atoms with Crippen LogP contribution >= 0.6 is 0 Å². The van der Waals surface area contributed by atoms with Gasteiger partial charge in [-0.05, 0) is 54.2 Å². The molecule has 5 nitrogen and oxygen atoms in total. The van der Waals surface area contributed by atoms with Gasteiger partial charge in [-0.25, -0.2) is 0 Å². The minimum absolute atomic E-state index is 0.0661. The summed E-state index contributed by atoms with van der Waals surface area (Å²) in [5.41, 5.74) is 3.45. The molecule has 0 atom stereocenters. The first kappa shape index (κ1) is 24.0. The van der Waals surface area contributed by atoms with Gasteiger partial charge in [0.1, 0.15) is 5.75 Å². The molecule has 38 heavy (non-hydrogen) atoms. The number of unbranched alkanes of at least 4 members (excludes halogenated alkanes) is 2. The minimum atomic E-state index is -2.19. The number of ether oxygens (including phenoxy) is 1. The second kappa shape index (κ2) is 13.8. The van der Waals surface area contributed by atoms with E-state index in [1.165, 1.54) is 4.90 Å². The van der Waals surface area contributed by atoms with E-state index in [4.69, 9.17) is 9.84 Å². The third-order valence-electron chi connectivity index (χ3n) is 6.10. The van der Waals surface area contributed by atoms with E-state index in [1.54, 1.807) is 36.4 Å². The molecule has 0 spiro atoms. The monoisotopic (exact) mass is 509 g/mol. The molecule has 0 aliphatic rings. The van der Waals surface area contributed by atoms with Gasteiger partial charge in [-0.15, -0.1) is 0 Å². The van der Waals surface area contributed by atoms with Crippen LogP contribution in [0, 0.1) is 0 Å². The zero-order valence-corrected chi connectivity index (χ0v) is 21.3. The molecule has 5 heteroatoms. The van der Waals surface area contributed by atoms with Gasteiger partial charge in [-0.2, -0.15) is 0 Å². The van der Waals surface area contributed by atoms with Crippen LogP contribution in [-0.4, -0.2) is 28.5 Å². The van der Waals surface area contributed by atoms with Gasteiger partial charge in [-0.1, -0.05) is 91.0 Å². The average Bonchev–Trinajstić information content (AvgIpc) is 2.98. The van der Waals surface area contributed by atoms with Crippen LogP contribution in [0.2, 0.25) is 0 Å². The van der Waals surface area contributed by atoms with E-state index < -0.39 is 18.4 Å². The molecule has 0 bridgehead atoms. The number of carbonyl (C=O) groups excluding carboxylic acids is 1. The second-order valence-electron chi connectivity index (χ2n) is 8.98. The van der Waals surface area contributed by atoms with Gasteiger partial charge in [0, 0.05) is 30.6 Å². The van der Waals surface area contributed by atoms with Gasteiger partial charge in [-0.3, -0.25) is 9.59 Å². The molecule has 4 aromatic rings. The van der Waals surface area contributed by atoms with Crippen LogP contribution in [0.3, 0.4) is 0 Å². The number of amides is 1. The number of rotatable bonds is 13. The molecule has 0 aliphatic heterocycles. The second-order valence-corrected chi connectivity index (χ2v) is 8.98. The summed E-state index contributed by atoms with van der Waals surface area (Å²) in [5.74, 6) is -0.898. The quantitative estimate of drug-likeness (QED) is 0.193. The molecule has 0 radical (unpaired) electrons. The molecular weight excluding hydrogens is 474 g/mol. The van der Waals surface area contributed by atoms with Crippen molar-refractivity contribution in [3.8, 4) is 16.9 Å². The van der Waals surface area contributed by atoms with Crippen LogP contribution < -0.4 is 4.74 Å². The Kier molecular flexibility index (Phi) is 8.71. The molecule has 4 rings (SSSR count). The van der Waals surface area contributed by atoms with Crippen molar-refractivity contribution in [2.24, 2.45) is 0 Å². The van der Waals surface area contributed by atoms with Gasteiger partial charge in [0.25, 0.3) is 5.91 Å². The largest absolute Gasteiger partial charge is 0.493 e. The van der Waals surface area contributed by atoms with E-state index in [-0.39, 0.29) is 18.5 Å². The third-order valence-corrected chi connectivity index (χ3v) is 6.10. The van der Waals surface area contributed by atoms with Crippen LogP contribution in [0.4, 0.5) is 0 Å². The number of para-hydroxylation sites is 1. The first-order valence-corrected chi connectivity index (χ1v) is 12.8. The molecular formula is C33H33NO4. The maximum Gasteiger partial charge on any atom is 0.303 e. The number of benzene rings is 4. The highest BCUT2D eigenvalue weighted by atomic mass is 16.5. The van der Waals surface area contributed by atoms with E-state index in [9.17, 15) is 12.3 Å². The Balaban J connectivity index is 1.59. The van der Waals surface area contributed by atoms with Crippen molar-refractivity contribution in [3.05, 3.63) is 126 Å². The summed E-state index contributed by atoms with van der Waals surface area (Å²) < 4.78 is 24.3. The lowest BCUT2D eigenvalue weighted by Gasteiger charge is -2.24. The molecule has 0 saturated heterocycles. The Hall–Kier alpha value is -4.38. The lowest BCUT2D eigenvalue weighted by Crippen LogP contribution is -2.30. The molecule has 0 unspecified atom stereocenters. The molecule has 0 fully saturated rings. The predicted octanol–water partition coefficient (Wildman–Crippen LogP) is 7.22. The Morgan fingerprint density at radius 3 is 2.08 bits per heavy atom. The number of nitrogens with zero attached hydrogens (tertiary/aromatic N) is 1. The summed E-state index contributed by atoms with van der Waals surface area (Å²) in [5, 5.41) is 8.82. The number of carbonyl (C=O) groups is 2. The molecule has 0 aliphatic carbocycles. The van der Waals surface area contributed by atoms with Gasteiger partial charge in [0.15, 0.2) is 0 Å². The first-order valence-electron chi connectivity index (χ1n) is 13.8. The van der Waals surface area contributed by atoms with E-state index in [2.05, 4.69) is 0 Å². The predicted molar refractivity (Wildman–Crippen MR) is 150 cm³/mol. The van der Waals surface area contributed by atoms with Gasteiger partial charge >= 0.3 is 5.97 Å². The van der Waals surface area contributed by atoms with Crippen molar-refractivity contribution in [2.75, 3.05) is 6.61 Å². The zero-order chi connectivity index (χ0) is 28.4. The number of hydrogen-bond donors (Lipinski definition) is 1. The molecule has 194 valence electrons. The highest BCUT2D eigenvalue weighted by Gasteiger charge is 2.19. The fraction of sp³-hybridized carbons (Fsp3) is 0.212. The topological polar surface area (TPSA) is 66.8 Å². The molecule has 0 saturated carbocycles. The minimum Gasteiger partial charge on any atom is -0.493 e. The smallest absolute Gasteiger partial charge is 0.303 e. The van der Waals surface area contributed by atoms with Crippen LogP contribution in [0.5, 0.6) is 5.75 Å². The van der Waals surface area contributed by atoms with Crippen molar-refractivity contribution in [1.82, 2.24) is 4.90 Å². The summed E-state index contributed by atoms with van der Waals surface area (Å²) in [4.78, 5) is 25.9. The van der Waals surface area contributed by atoms with Gasteiger partial charge < -0.3 is 14.7 Å². The van der Waals surface area contributed by atoms with Crippen LogP contribution in [0.15, 0.2) is 109 Å². The van der Waals surface area contributed by atoms with Crippen molar-refractivity contribution in [2.45, 2.75) is 38.7 Å². The number of aliphatic carboxylic acids is 1. The Morgan fingerprint density at radius 1 is 0.737 bits per heavy atom.